The molecule has 2 amide bonds. The first-order valence-corrected chi connectivity index (χ1v) is 11.4. The molecule has 30 heavy (non-hydrogen) atoms. The summed E-state index contributed by atoms with van der Waals surface area (Å²) in [4.78, 5) is 30.5. The fourth-order valence-corrected chi connectivity index (χ4v) is 4.24. The van der Waals surface area contributed by atoms with Gasteiger partial charge in [0, 0.05) is 45.8 Å². The van der Waals surface area contributed by atoms with Crippen molar-refractivity contribution in [3.63, 3.8) is 0 Å². The third kappa shape index (κ3) is 5.78. The second-order valence-corrected chi connectivity index (χ2v) is 9.21. The van der Waals surface area contributed by atoms with E-state index in [4.69, 9.17) is 9.47 Å². The maximum Gasteiger partial charge on any atom is 0.410 e. The molecule has 0 aliphatic carbocycles. The molecule has 1 aromatic heterocycles. The standard InChI is InChI=1S/C19H32N6O4S/c1-5-25-16(23-10-12-28-13-11-23)20-21-17(25)30-14-15(26)22-6-8-24(9-7-22)18(27)29-19(2,3)4/h5-14H2,1-4H3. The van der Waals surface area contributed by atoms with Crippen LogP contribution < -0.4 is 4.90 Å². The Morgan fingerprint density at radius 1 is 1.03 bits per heavy atom. The van der Waals surface area contributed by atoms with Crippen LogP contribution in [0.3, 0.4) is 0 Å². The highest BCUT2D eigenvalue weighted by Gasteiger charge is 2.28. The summed E-state index contributed by atoms with van der Waals surface area (Å²) in [7, 11) is 0. The molecule has 0 saturated carbocycles. The third-order valence-corrected chi connectivity index (χ3v) is 5.87. The van der Waals surface area contributed by atoms with Crippen LogP contribution in [0.5, 0.6) is 0 Å². The Balaban J connectivity index is 1.49. The van der Waals surface area contributed by atoms with Crippen molar-refractivity contribution in [3.8, 4) is 0 Å². The van der Waals surface area contributed by atoms with Crippen LogP contribution in [-0.2, 0) is 20.8 Å². The minimum atomic E-state index is -0.518. The quantitative estimate of drug-likeness (QED) is 0.633. The van der Waals surface area contributed by atoms with Crippen LogP contribution in [0, 0.1) is 0 Å². The number of thioether (sulfide) groups is 1. The number of piperazine rings is 1. The van der Waals surface area contributed by atoms with E-state index in [2.05, 4.69) is 22.0 Å². The maximum absolute atomic E-state index is 12.7. The van der Waals surface area contributed by atoms with E-state index in [1.165, 1.54) is 11.8 Å². The topological polar surface area (TPSA) is 93.0 Å². The highest BCUT2D eigenvalue weighted by molar-refractivity contribution is 7.99. The van der Waals surface area contributed by atoms with E-state index in [9.17, 15) is 9.59 Å². The smallest absolute Gasteiger partial charge is 0.410 e. The molecular formula is C19H32N6O4S. The van der Waals surface area contributed by atoms with Crippen LogP contribution >= 0.6 is 11.8 Å². The summed E-state index contributed by atoms with van der Waals surface area (Å²) in [6.07, 6.45) is -0.323. The molecule has 3 rings (SSSR count). The molecule has 2 aliphatic rings. The van der Waals surface area contributed by atoms with Gasteiger partial charge in [0.05, 0.1) is 19.0 Å². The van der Waals surface area contributed by atoms with E-state index in [-0.39, 0.29) is 12.0 Å². The first-order chi connectivity index (χ1) is 14.3. The first-order valence-electron chi connectivity index (χ1n) is 10.4. The van der Waals surface area contributed by atoms with Crippen LogP contribution in [0.15, 0.2) is 5.16 Å². The second kappa shape index (κ2) is 9.86. The summed E-state index contributed by atoms with van der Waals surface area (Å²) in [6, 6.07) is 0. The SMILES string of the molecule is CCn1c(SCC(=O)N2CCN(C(=O)OC(C)(C)C)CC2)nnc1N1CCOCC1. The number of morpholine rings is 1. The van der Waals surface area contributed by atoms with E-state index in [0.717, 1.165) is 30.7 Å². The number of hydrogen-bond acceptors (Lipinski definition) is 8. The predicted octanol–water partition coefficient (Wildman–Crippen LogP) is 1.31. The number of carbonyl (C=O) groups is 2. The minimum Gasteiger partial charge on any atom is -0.444 e. The van der Waals surface area contributed by atoms with Gasteiger partial charge in [-0.15, -0.1) is 10.2 Å². The van der Waals surface area contributed by atoms with E-state index >= 15 is 0 Å². The van der Waals surface area contributed by atoms with Crippen molar-refractivity contribution in [1.82, 2.24) is 24.6 Å². The Bertz CT molecular complexity index is 736. The monoisotopic (exact) mass is 440 g/mol. The number of aromatic nitrogens is 3. The lowest BCUT2D eigenvalue weighted by Gasteiger charge is -2.35. The summed E-state index contributed by atoms with van der Waals surface area (Å²) < 4.78 is 12.9. The van der Waals surface area contributed by atoms with Crippen molar-refractivity contribution in [2.45, 2.75) is 45.0 Å². The average Bonchev–Trinajstić information content (AvgIpc) is 3.14. The first kappa shape index (κ1) is 22.7. The highest BCUT2D eigenvalue weighted by atomic mass is 32.2. The number of hydrogen-bond donors (Lipinski definition) is 0. The largest absolute Gasteiger partial charge is 0.444 e. The summed E-state index contributed by atoms with van der Waals surface area (Å²) in [5.74, 6) is 1.18. The van der Waals surface area contributed by atoms with Crippen LogP contribution in [0.25, 0.3) is 0 Å². The molecule has 0 radical (unpaired) electrons. The Kier molecular flexibility index (Phi) is 7.45. The zero-order valence-electron chi connectivity index (χ0n) is 18.3. The van der Waals surface area contributed by atoms with Crippen LogP contribution in [0.2, 0.25) is 0 Å². The van der Waals surface area contributed by atoms with Crippen LogP contribution in [0.1, 0.15) is 27.7 Å². The molecule has 1 aromatic rings. The Labute approximate surface area is 181 Å². The molecule has 10 nitrogen and oxygen atoms in total. The van der Waals surface area contributed by atoms with Gasteiger partial charge in [0.25, 0.3) is 0 Å². The lowest BCUT2D eigenvalue weighted by molar-refractivity contribution is -0.130. The second-order valence-electron chi connectivity index (χ2n) is 8.26. The fraction of sp³-hybridized carbons (Fsp3) is 0.789. The van der Waals surface area contributed by atoms with Crippen molar-refractivity contribution in [1.29, 1.82) is 0 Å². The summed E-state index contributed by atoms with van der Waals surface area (Å²) in [5.41, 5.74) is -0.518. The van der Waals surface area contributed by atoms with E-state index in [1.54, 1.807) is 9.80 Å². The van der Waals surface area contributed by atoms with Crippen LogP contribution in [0.4, 0.5) is 10.7 Å². The van der Waals surface area contributed by atoms with Crippen LogP contribution in [-0.4, -0.2) is 100 Å². The Morgan fingerprint density at radius 2 is 1.67 bits per heavy atom. The van der Waals surface area contributed by atoms with Gasteiger partial charge in [-0.05, 0) is 27.7 Å². The number of rotatable bonds is 5. The van der Waals surface area contributed by atoms with E-state index < -0.39 is 5.60 Å². The van der Waals surface area contributed by atoms with Crippen molar-refractivity contribution >= 4 is 29.7 Å². The van der Waals surface area contributed by atoms with E-state index in [0.29, 0.717) is 45.1 Å². The molecule has 0 aromatic carbocycles. The molecule has 0 spiro atoms. The molecule has 11 heteroatoms. The van der Waals surface area contributed by atoms with E-state index in [1.807, 2.05) is 25.3 Å². The number of amides is 2. The highest BCUT2D eigenvalue weighted by Crippen LogP contribution is 2.23. The van der Waals surface area contributed by atoms with Gasteiger partial charge in [-0.3, -0.25) is 9.36 Å². The summed E-state index contributed by atoms with van der Waals surface area (Å²) in [6.45, 7) is 13.3. The molecule has 2 fully saturated rings. The number of nitrogens with zero attached hydrogens (tertiary/aromatic N) is 6. The van der Waals surface area contributed by atoms with Crippen molar-refractivity contribution in [2.24, 2.45) is 0 Å². The molecule has 2 aliphatic heterocycles. The van der Waals surface area contributed by atoms with Gasteiger partial charge < -0.3 is 24.2 Å². The lowest BCUT2D eigenvalue weighted by Crippen LogP contribution is -2.52. The molecule has 0 N–H and O–H groups in total. The van der Waals surface area contributed by atoms with Gasteiger partial charge in [0.15, 0.2) is 5.16 Å². The van der Waals surface area contributed by atoms with Gasteiger partial charge in [-0.1, -0.05) is 11.8 Å². The minimum absolute atomic E-state index is 0.0439. The summed E-state index contributed by atoms with van der Waals surface area (Å²) >= 11 is 1.41. The molecule has 0 unspecified atom stereocenters. The zero-order valence-corrected chi connectivity index (χ0v) is 19.1. The maximum atomic E-state index is 12.7. The normalized spacial score (nSPS) is 17.9. The number of ether oxygens (including phenoxy) is 2. The zero-order chi connectivity index (χ0) is 21.7. The third-order valence-electron chi connectivity index (χ3n) is 4.92. The molecule has 3 heterocycles. The Hall–Kier alpha value is -2.01. The lowest BCUT2D eigenvalue weighted by atomic mass is 10.2. The number of carbonyl (C=O) groups excluding carboxylic acids is 2. The van der Waals surface area contributed by atoms with Crippen molar-refractivity contribution in [2.75, 3.05) is 63.1 Å². The fourth-order valence-electron chi connectivity index (χ4n) is 3.34. The van der Waals surface area contributed by atoms with Crippen molar-refractivity contribution < 1.29 is 19.1 Å². The molecule has 0 atom stereocenters. The van der Waals surface area contributed by atoms with Crippen molar-refractivity contribution in [3.05, 3.63) is 0 Å². The van der Waals surface area contributed by atoms with Gasteiger partial charge in [0.2, 0.25) is 11.9 Å². The van der Waals surface area contributed by atoms with Gasteiger partial charge in [-0.2, -0.15) is 0 Å². The van der Waals surface area contributed by atoms with Gasteiger partial charge in [-0.25, -0.2) is 4.79 Å². The molecule has 168 valence electrons. The average molecular weight is 441 g/mol. The molecular weight excluding hydrogens is 408 g/mol. The predicted molar refractivity (Wildman–Crippen MR) is 114 cm³/mol. The van der Waals surface area contributed by atoms with Gasteiger partial charge in [0.1, 0.15) is 5.60 Å². The summed E-state index contributed by atoms with van der Waals surface area (Å²) in [5, 5.41) is 9.39. The molecule has 0 bridgehead atoms. The number of anilines is 1. The van der Waals surface area contributed by atoms with Gasteiger partial charge >= 0.3 is 6.09 Å². The Morgan fingerprint density at radius 3 is 2.27 bits per heavy atom. The molecule has 2 saturated heterocycles.